The Labute approximate surface area is 216 Å². The summed E-state index contributed by atoms with van der Waals surface area (Å²) in [6, 6.07) is 7.76. The summed E-state index contributed by atoms with van der Waals surface area (Å²) in [7, 11) is 0. The van der Waals surface area contributed by atoms with E-state index < -0.39 is 42.9 Å². The van der Waals surface area contributed by atoms with Crippen molar-refractivity contribution in [3.05, 3.63) is 58.4 Å². The van der Waals surface area contributed by atoms with Crippen LogP contribution in [0.1, 0.15) is 22.3 Å². The van der Waals surface area contributed by atoms with Gasteiger partial charge in [0, 0.05) is 44.3 Å². The highest BCUT2D eigenvalue weighted by Crippen LogP contribution is 2.31. The van der Waals surface area contributed by atoms with Crippen molar-refractivity contribution in [2.45, 2.75) is 25.2 Å². The predicted octanol–water partition coefficient (Wildman–Crippen LogP) is 2.74. The number of nitrogens with one attached hydrogen (secondary N) is 2. The SMILES string of the molecule is NC(=O)[C@H](CO)NCc1ccc(C(=O)Nc2ccc(Cl)cc2N2CCN(CCC(F)(F)F)CC2)c(F)c1. The van der Waals surface area contributed by atoms with Crippen molar-refractivity contribution in [3.8, 4) is 0 Å². The number of benzene rings is 2. The van der Waals surface area contributed by atoms with Crippen molar-refractivity contribution in [3.63, 3.8) is 0 Å². The molecule has 1 heterocycles. The van der Waals surface area contributed by atoms with E-state index in [9.17, 15) is 27.2 Å². The molecule has 3 rings (SSSR count). The number of nitrogens with zero attached hydrogens (tertiary/aromatic N) is 2. The van der Waals surface area contributed by atoms with E-state index in [0.717, 1.165) is 6.07 Å². The van der Waals surface area contributed by atoms with E-state index in [1.54, 1.807) is 23.1 Å². The van der Waals surface area contributed by atoms with Crippen LogP contribution >= 0.6 is 11.6 Å². The monoisotopic (exact) mass is 545 g/mol. The number of hydrogen-bond acceptors (Lipinski definition) is 6. The fourth-order valence-corrected chi connectivity index (χ4v) is 4.07. The van der Waals surface area contributed by atoms with Crippen LogP contribution in [0.3, 0.4) is 0 Å². The quantitative estimate of drug-likeness (QED) is 0.342. The highest BCUT2D eigenvalue weighted by atomic mass is 35.5. The van der Waals surface area contributed by atoms with E-state index in [4.69, 9.17) is 22.4 Å². The van der Waals surface area contributed by atoms with Crippen LogP contribution in [-0.2, 0) is 11.3 Å². The molecule has 13 heteroatoms. The fourth-order valence-electron chi connectivity index (χ4n) is 3.91. The number of rotatable bonds is 10. The molecule has 0 unspecified atom stereocenters. The summed E-state index contributed by atoms with van der Waals surface area (Å²) in [6.07, 6.45) is -5.09. The first-order chi connectivity index (χ1) is 17.5. The van der Waals surface area contributed by atoms with Crippen LogP contribution < -0.4 is 21.3 Å². The smallest absolute Gasteiger partial charge is 0.390 e. The summed E-state index contributed by atoms with van der Waals surface area (Å²) < 4.78 is 52.3. The molecule has 2 aromatic rings. The number of hydrogen-bond donors (Lipinski definition) is 4. The van der Waals surface area contributed by atoms with E-state index in [0.29, 0.717) is 48.1 Å². The van der Waals surface area contributed by atoms with Gasteiger partial charge in [0.15, 0.2) is 0 Å². The summed E-state index contributed by atoms with van der Waals surface area (Å²) in [5.74, 6) is -2.24. The second-order valence-electron chi connectivity index (χ2n) is 8.64. The molecule has 0 spiro atoms. The first-order valence-corrected chi connectivity index (χ1v) is 11.9. The summed E-state index contributed by atoms with van der Waals surface area (Å²) in [5.41, 5.74) is 6.34. The van der Waals surface area contributed by atoms with Gasteiger partial charge in [-0.2, -0.15) is 13.2 Å². The van der Waals surface area contributed by atoms with Crippen molar-refractivity contribution >= 4 is 34.8 Å². The summed E-state index contributed by atoms with van der Waals surface area (Å²) in [4.78, 5) is 27.7. The third-order valence-corrected chi connectivity index (χ3v) is 6.22. The molecule has 0 aliphatic carbocycles. The Bertz CT molecular complexity index is 1110. The molecule has 2 aromatic carbocycles. The average molecular weight is 546 g/mol. The van der Waals surface area contributed by atoms with Gasteiger partial charge in [-0.1, -0.05) is 17.7 Å². The summed E-state index contributed by atoms with van der Waals surface area (Å²) >= 11 is 6.16. The lowest BCUT2D eigenvalue weighted by atomic mass is 10.1. The van der Waals surface area contributed by atoms with E-state index in [1.165, 1.54) is 12.1 Å². The number of amides is 2. The van der Waals surface area contributed by atoms with E-state index in [2.05, 4.69) is 10.6 Å². The average Bonchev–Trinajstić information content (AvgIpc) is 2.84. The molecule has 5 N–H and O–H groups in total. The number of nitrogens with two attached hydrogens (primary N) is 1. The fraction of sp³-hybridized carbons (Fsp3) is 0.417. The van der Waals surface area contributed by atoms with Gasteiger partial charge >= 0.3 is 6.18 Å². The molecule has 2 amide bonds. The Morgan fingerprint density at radius 2 is 1.81 bits per heavy atom. The highest BCUT2D eigenvalue weighted by molar-refractivity contribution is 6.31. The molecule has 0 aromatic heterocycles. The van der Waals surface area contributed by atoms with E-state index in [-0.39, 0.29) is 18.7 Å². The van der Waals surface area contributed by atoms with Crippen LogP contribution in [-0.4, -0.2) is 73.4 Å². The Morgan fingerprint density at radius 1 is 1.11 bits per heavy atom. The third kappa shape index (κ3) is 8.29. The van der Waals surface area contributed by atoms with Crippen molar-refractivity contribution in [2.24, 2.45) is 5.73 Å². The number of piperazine rings is 1. The number of aliphatic hydroxyl groups is 1. The first kappa shape index (κ1) is 28.6. The van der Waals surface area contributed by atoms with Crippen LogP contribution in [0.2, 0.25) is 5.02 Å². The van der Waals surface area contributed by atoms with Crippen molar-refractivity contribution in [2.75, 3.05) is 49.5 Å². The number of carbonyl (C=O) groups excluding carboxylic acids is 2. The molecule has 1 saturated heterocycles. The molecule has 1 aliphatic heterocycles. The minimum atomic E-state index is -4.21. The molecule has 1 aliphatic rings. The van der Waals surface area contributed by atoms with Crippen molar-refractivity contribution < 1.29 is 32.3 Å². The zero-order valence-electron chi connectivity index (χ0n) is 19.8. The van der Waals surface area contributed by atoms with Crippen LogP contribution in [0, 0.1) is 5.82 Å². The maximum atomic E-state index is 14.7. The van der Waals surface area contributed by atoms with Gasteiger partial charge in [-0.25, -0.2) is 4.39 Å². The molecular weight excluding hydrogens is 518 g/mol. The van der Waals surface area contributed by atoms with Gasteiger partial charge in [-0.3, -0.25) is 19.8 Å². The van der Waals surface area contributed by atoms with Gasteiger partial charge < -0.3 is 21.1 Å². The molecule has 202 valence electrons. The Kier molecular flexibility index (Phi) is 9.71. The number of halogens is 5. The van der Waals surface area contributed by atoms with Crippen molar-refractivity contribution in [1.29, 1.82) is 0 Å². The topological polar surface area (TPSA) is 111 Å². The van der Waals surface area contributed by atoms with Crippen LogP contribution in [0.5, 0.6) is 0 Å². The normalized spacial score (nSPS) is 15.5. The van der Waals surface area contributed by atoms with Crippen LogP contribution in [0.4, 0.5) is 28.9 Å². The van der Waals surface area contributed by atoms with Gasteiger partial charge in [0.25, 0.3) is 5.91 Å². The molecule has 1 fully saturated rings. The van der Waals surface area contributed by atoms with Crippen LogP contribution in [0.15, 0.2) is 36.4 Å². The van der Waals surface area contributed by atoms with Gasteiger partial charge in [-0.05, 0) is 35.9 Å². The highest BCUT2D eigenvalue weighted by Gasteiger charge is 2.29. The second kappa shape index (κ2) is 12.5. The molecule has 0 radical (unpaired) electrons. The number of anilines is 2. The Hall–Kier alpha value is -2.93. The standard InChI is InChI=1S/C24H28ClF4N5O3/c25-16-2-4-19(21(12-16)34-9-7-33(8-10-34)6-5-24(27,28)29)32-23(37)17-3-1-15(11-18(17)26)13-31-20(14-35)22(30)36/h1-4,11-12,20,31,35H,5-10,13-14H2,(H2,30,36)(H,32,37)/t20-/m0/s1. The van der Waals surface area contributed by atoms with Crippen LogP contribution in [0.25, 0.3) is 0 Å². The maximum Gasteiger partial charge on any atom is 0.390 e. The van der Waals surface area contributed by atoms with Gasteiger partial charge in [0.1, 0.15) is 11.9 Å². The zero-order chi connectivity index (χ0) is 27.2. The van der Waals surface area contributed by atoms with E-state index >= 15 is 0 Å². The van der Waals surface area contributed by atoms with Gasteiger partial charge in [0.2, 0.25) is 5.91 Å². The molecule has 8 nitrogen and oxygen atoms in total. The summed E-state index contributed by atoms with van der Waals surface area (Å²) in [5, 5.41) is 14.9. The van der Waals surface area contributed by atoms with E-state index in [1.807, 2.05) is 4.90 Å². The lowest BCUT2D eigenvalue weighted by molar-refractivity contribution is -0.138. The zero-order valence-corrected chi connectivity index (χ0v) is 20.6. The Morgan fingerprint density at radius 3 is 2.41 bits per heavy atom. The van der Waals surface area contributed by atoms with Gasteiger partial charge in [0.05, 0.1) is 30.0 Å². The number of carbonyl (C=O) groups is 2. The van der Waals surface area contributed by atoms with Gasteiger partial charge in [-0.15, -0.1) is 0 Å². The molecule has 0 bridgehead atoms. The van der Waals surface area contributed by atoms with Crippen molar-refractivity contribution in [1.82, 2.24) is 10.2 Å². The minimum Gasteiger partial charge on any atom is -0.394 e. The number of alkyl halides is 3. The maximum absolute atomic E-state index is 14.7. The predicted molar refractivity (Wildman–Crippen MR) is 132 cm³/mol. The third-order valence-electron chi connectivity index (χ3n) is 5.99. The lowest BCUT2D eigenvalue weighted by Crippen LogP contribution is -2.47. The molecule has 0 saturated carbocycles. The molecular formula is C24H28ClF4N5O3. The molecule has 1 atom stereocenters. The number of aliphatic hydroxyl groups excluding tert-OH is 1. The molecule has 37 heavy (non-hydrogen) atoms. The largest absolute Gasteiger partial charge is 0.394 e. The lowest BCUT2D eigenvalue weighted by Gasteiger charge is -2.37. The second-order valence-corrected chi connectivity index (χ2v) is 9.08. The minimum absolute atomic E-state index is 0.0449. The number of primary amides is 1. The Balaban J connectivity index is 1.66. The summed E-state index contributed by atoms with van der Waals surface area (Å²) in [6.45, 7) is 1.13. The first-order valence-electron chi connectivity index (χ1n) is 11.5.